The second-order valence-electron chi connectivity index (χ2n) is 7.06. The SMILES string of the molecule is CCCP(=O)(OC1CCCCC1)OC1CCCCC1.F[B-](F)(F)F.F[B-](F)(F)F. The van der Waals surface area contributed by atoms with E-state index in [9.17, 15) is 39.1 Å². The molecule has 0 aromatic heterocycles. The summed E-state index contributed by atoms with van der Waals surface area (Å²) in [5, 5.41) is 0. The molecule has 0 heterocycles. The minimum Gasteiger partial charge on any atom is -0.418 e. The van der Waals surface area contributed by atoms with Gasteiger partial charge in [0.05, 0.1) is 12.2 Å². The maximum absolute atomic E-state index is 12.9. The summed E-state index contributed by atoms with van der Waals surface area (Å²) in [6.45, 7) is 2.06. The zero-order valence-electron chi connectivity index (χ0n) is 16.5. The van der Waals surface area contributed by atoms with Crippen LogP contribution in [0.5, 0.6) is 0 Å². The summed E-state index contributed by atoms with van der Waals surface area (Å²) < 4.78 is 103. The van der Waals surface area contributed by atoms with Gasteiger partial charge in [0, 0.05) is 6.16 Å². The van der Waals surface area contributed by atoms with Crippen LogP contribution in [0.1, 0.15) is 77.6 Å². The van der Waals surface area contributed by atoms with Gasteiger partial charge in [-0.3, -0.25) is 4.57 Å². The van der Waals surface area contributed by atoms with Crippen molar-refractivity contribution in [3.05, 3.63) is 0 Å². The zero-order chi connectivity index (χ0) is 22.6. The summed E-state index contributed by atoms with van der Waals surface area (Å²) in [6.07, 6.45) is 13.5. The van der Waals surface area contributed by atoms with Crippen molar-refractivity contribution in [1.29, 1.82) is 0 Å². The number of rotatable bonds is 6. The lowest BCUT2D eigenvalue weighted by molar-refractivity contribution is 0.0791. The van der Waals surface area contributed by atoms with E-state index >= 15 is 0 Å². The van der Waals surface area contributed by atoms with Crippen LogP contribution < -0.4 is 0 Å². The molecule has 14 heteroatoms. The summed E-state index contributed by atoms with van der Waals surface area (Å²) in [6, 6.07) is 0. The molecule has 29 heavy (non-hydrogen) atoms. The molecule has 2 fully saturated rings. The highest BCUT2D eigenvalue weighted by molar-refractivity contribution is 7.53. The van der Waals surface area contributed by atoms with E-state index in [1.165, 1.54) is 38.5 Å². The highest BCUT2D eigenvalue weighted by Gasteiger charge is 2.32. The molecule has 0 amide bonds. The topological polar surface area (TPSA) is 35.5 Å². The van der Waals surface area contributed by atoms with Gasteiger partial charge in [0.25, 0.3) is 0 Å². The highest BCUT2D eigenvalue weighted by Crippen LogP contribution is 2.53. The summed E-state index contributed by atoms with van der Waals surface area (Å²) in [5.74, 6) is 0. The second kappa shape index (κ2) is 13.9. The van der Waals surface area contributed by atoms with Crippen LogP contribution in [0.4, 0.5) is 34.5 Å². The largest absolute Gasteiger partial charge is 0.673 e. The summed E-state index contributed by atoms with van der Waals surface area (Å²) in [7, 11) is -14.9. The van der Waals surface area contributed by atoms with Gasteiger partial charge in [0.1, 0.15) is 0 Å². The molecule has 0 N–H and O–H groups in total. The van der Waals surface area contributed by atoms with E-state index in [-0.39, 0.29) is 12.2 Å². The molecule has 2 aliphatic rings. The number of halogens is 8. The number of hydrogen-bond acceptors (Lipinski definition) is 3. The van der Waals surface area contributed by atoms with Crippen LogP contribution >= 0.6 is 7.60 Å². The van der Waals surface area contributed by atoms with Crippen molar-refractivity contribution in [3.63, 3.8) is 0 Å². The van der Waals surface area contributed by atoms with Gasteiger partial charge in [-0.1, -0.05) is 45.4 Å². The number of hydrogen-bond donors (Lipinski definition) is 0. The summed E-state index contributed by atoms with van der Waals surface area (Å²) >= 11 is 0. The Morgan fingerprint density at radius 3 is 1.21 bits per heavy atom. The minimum atomic E-state index is -6.00. The molecule has 2 rings (SSSR count). The van der Waals surface area contributed by atoms with E-state index < -0.39 is 22.1 Å². The molecule has 0 radical (unpaired) electrons. The third-order valence-corrected chi connectivity index (χ3v) is 6.45. The van der Waals surface area contributed by atoms with Crippen molar-refractivity contribution in [2.75, 3.05) is 6.16 Å². The molecule has 0 saturated heterocycles. The van der Waals surface area contributed by atoms with Crippen LogP contribution in [0.3, 0.4) is 0 Å². The highest BCUT2D eigenvalue weighted by atomic mass is 31.2. The van der Waals surface area contributed by atoms with E-state index in [0.717, 1.165) is 32.1 Å². The molecule has 2 aliphatic carbocycles. The first-order valence-corrected chi connectivity index (χ1v) is 11.6. The Hall–Kier alpha value is -0.280. The lowest BCUT2D eigenvalue weighted by Gasteiger charge is -2.31. The maximum Gasteiger partial charge on any atom is 0.673 e. The molecule has 3 nitrogen and oxygen atoms in total. The average Bonchev–Trinajstić information content (AvgIpc) is 2.53. The van der Waals surface area contributed by atoms with Gasteiger partial charge in [-0.25, -0.2) is 0 Å². The van der Waals surface area contributed by atoms with Crippen LogP contribution in [-0.4, -0.2) is 32.9 Å². The van der Waals surface area contributed by atoms with Gasteiger partial charge in [0.15, 0.2) is 0 Å². The fraction of sp³-hybridized carbons (Fsp3) is 1.00. The van der Waals surface area contributed by atoms with Gasteiger partial charge >= 0.3 is 22.1 Å². The van der Waals surface area contributed by atoms with E-state index in [4.69, 9.17) is 9.05 Å². The van der Waals surface area contributed by atoms with Gasteiger partial charge in [-0.15, -0.1) is 0 Å². The van der Waals surface area contributed by atoms with E-state index in [0.29, 0.717) is 6.16 Å². The first-order chi connectivity index (χ1) is 13.2. The Labute approximate surface area is 167 Å². The molecule has 0 aromatic carbocycles. The van der Waals surface area contributed by atoms with Crippen molar-refractivity contribution < 1.29 is 48.1 Å². The molecule has 0 unspecified atom stereocenters. The van der Waals surface area contributed by atoms with Gasteiger partial charge in [0.2, 0.25) is 0 Å². The fourth-order valence-corrected chi connectivity index (χ4v) is 5.34. The molecule has 0 spiro atoms. The minimum absolute atomic E-state index is 0.176. The van der Waals surface area contributed by atoms with Crippen LogP contribution in [0.25, 0.3) is 0 Å². The Morgan fingerprint density at radius 1 is 0.690 bits per heavy atom. The first-order valence-electron chi connectivity index (χ1n) is 9.92. The third-order valence-electron chi connectivity index (χ3n) is 4.22. The average molecular weight is 462 g/mol. The lowest BCUT2D eigenvalue weighted by Crippen LogP contribution is -2.21. The predicted molar refractivity (Wildman–Crippen MR) is 99.1 cm³/mol. The first kappa shape index (κ1) is 28.7. The van der Waals surface area contributed by atoms with E-state index in [1.54, 1.807) is 0 Å². The second-order valence-corrected chi connectivity index (χ2v) is 9.15. The van der Waals surface area contributed by atoms with Crippen LogP contribution in [0.15, 0.2) is 0 Å². The Morgan fingerprint density at radius 2 is 0.966 bits per heavy atom. The Kier molecular flexibility index (Phi) is 13.8. The van der Waals surface area contributed by atoms with Crippen LogP contribution in [0, 0.1) is 0 Å². The summed E-state index contributed by atoms with van der Waals surface area (Å²) in [5.41, 5.74) is 0. The molecule has 0 atom stereocenters. The monoisotopic (exact) mass is 462 g/mol. The molecule has 176 valence electrons. The Bertz CT molecular complexity index is 419. The van der Waals surface area contributed by atoms with E-state index in [2.05, 4.69) is 6.92 Å². The molecule has 0 aliphatic heterocycles. The zero-order valence-corrected chi connectivity index (χ0v) is 17.4. The molecule has 0 aromatic rings. The van der Waals surface area contributed by atoms with Crippen molar-refractivity contribution in [1.82, 2.24) is 0 Å². The van der Waals surface area contributed by atoms with Gasteiger partial charge in [-0.2, -0.15) is 0 Å². The van der Waals surface area contributed by atoms with E-state index in [1.807, 2.05) is 0 Å². The molecule has 0 bridgehead atoms. The lowest BCUT2D eigenvalue weighted by atomic mass is 9.98. The van der Waals surface area contributed by atoms with Crippen molar-refractivity contribution in [3.8, 4) is 0 Å². The molecular weight excluding hydrogens is 433 g/mol. The predicted octanol–water partition coefficient (Wildman–Crippen LogP) is 7.89. The molecule has 2 saturated carbocycles. The van der Waals surface area contributed by atoms with Gasteiger partial charge < -0.3 is 43.6 Å². The normalized spacial score (nSPS) is 19.6. The van der Waals surface area contributed by atoms with Crippen LogP contribution in [-0.2, 0) is 13.6 Å². The molecular formula is C15H29B2F8O3P-2. The van der Waals surface area contributed by atoms with Crippen molar-refractivity contribution in [2.24, 2.45) is 0 Å². The maximum atomic E-state index is 12.9. The quantitative estimate of drug-likeness (QED) is 0.229. The summed E-state index contributed by atoms with van der Waals surface area (Å²) in [4.78, 5) is 0. The van der Waals surface area contributed by atoms with Crippen molar-refractivity contribution >= 4 is 22.1 Å². The van der Waals surface area contributed by atoms with Gasteiger partial charge in [-0.05, 0) is 32.1 Å². The van der Waals surface area contributed by atoms with Crippen LogP contribution in [0.2, 0.25) is 0 Å². The standard InChI is InChI=1S/C15H29O3P.2BF4/c1-2-13-19(16,17-14-9-5-3-6-10-14)18-15-11-7-4-8-12-15;2*2-1(3,4)5/h14-15H,2-13H2,1H3;;/q;2*-1. The third kappa shape index (κ3) is 20.8. The van der Waals surface area contributed by atoms with Crippen molar-refractivity contribution in [2.45, 2.75) is 89.8 Å². The fourth-order valence-electron chi connectivity index (χ4n) is 3.20. The smallest absolute Gasteiger partial charge is 0.418 e. The Balaban J connectivity index is 0.000000653.